The molecule has 2 atom stereocenters. The molecular weight excluding hydrogens is 463 g/mol. The van der Waals surface area contributed by atoms with E-state index >= 15 is 0 Å². The van der Waals surface area contributed by atoms with Crippen molar-refractivity contribution in [2.45, 2.75) is 38.8 Å². The lowest BCUT2D eigenvalue weighted by molar-refractivity contribution is 0.0935. The molecule has 2 aromatic rings. The topological polar surface area (TPSA) is 70.6 Å². The molecule has 0 bridgehead atoms. The number of thiophene rings is 1. The molecule has 0 unspecified atom stereocenters. The van der Waals surface area contributed by atoms with Crippen LogP contribution in [0.15, 0.2) is 12.1 Å². The number of halogens is 1. The fourth-order valence-electron chi connectivity index (χ4n) is 3.80. The van der Waals surface area contributed by atoms with Gasteiger partial charge in [-0.25, -0.2) is 0 Å². The number of carbonyl (C=O) groups excluding carboxylic acids is 1. The fourth-order valence-corrected chi connectivity index (χ4v) is 5.81. The first-order chi connectivity index (χ1) is 12.5. The van der Waals surface area contributed by atoms with Crippen molar-refractivity contribution in [3.05, 3.63) is 37.3 Å². The Kier molecular flexibility index (Phi) is 4.77. The van der Waals surface area contributed by atoms with Crippen LogP contribution in [0.25, 0.3) is 0 Å². The summed E-state index contributed by atoms with van der Waals surface area (Å²) in [5.41, 5.74) is 2.92. The van der Waals surface area contributed by atoms with Crippen molar-refractivity contribution in [1.82, 2.24) is 5.32 Å². The van der Waals surface area contributed by atoms with Crippen molar-refractivity contribution in [1.29, 1.82) is 0 Å². The van der Waals surface area contributed by atoms with Gasteiger partial charge >= 0.3 is 0 Å². The van der Waals surface area contributed by atoms with E-state index in [1.165, 1.54) is 24.0 Å². The maximum absolute atomic E-state index is 12.8. The van der Waals surface area contributed by atoms with Crippen molar-refractivity contribution in [2.75, 3.05) is 12.4 Å². The van der Waals surface area contributed by atoms with E-state index in [4.69, 9.17) is 4.74 Å². The molecule has 5 nitrogen and oxygen atoms in total. The van der Waals surface area contributed by atoms with Gasteiger partial charge in [-0.05, 0) is 71.0 Å². The number of phenolic OH excluding ortho intramolecular Hbond substituents is 1. The van der Waals surface area contributed by atoms with Crippen molar-refractivity contribution in [3.8, 4) is 11.5 Å². The summed E-state index contributed by atoms with van der Waals surface area (Å²) in [6.07, 6.45) is 4.09. The molecule has 26 heavy (non-hydrogen) atoms. The van der Waals surface area contributed by atoms with Crippen LogP contribution in [0.3, 0.4) is 0 Å². The highest BCUT2D eigenvalue weighted by molar-refractivity contribution is 14.1. The van der Waals surface area contributed by atoms with Gasteiger partial charge in [0, 0.05) is 4.88 Å². The first-order valence-corrected chi connectivity index (χ1v) is 10.7. The summed E-state index contributed by atoms with van der Waals surface area (Å²) in [5, 5.41) is 17.6. The van der Waals surface area contributed by atoms with Crippen LogP contribution in [0.4, 0.5) is 5.00 Å². The molecule has 1 aromatic heterocycles. The predicted octanol–water partition coefficient (Wildman–Crippen LogP) is 4.44. The Hall–Kier alpha value is -1.48. The van der Waals surface area contributed by atoms with Crippen molar-refractivity contribution in [2.24, 2.45) is 5.92 Å². The summed E-state index contributed by atoms with van der Waals surface area (Å²) in [4.78, 5) is 14.2. The molecule has 1 aliphatic heterocycles. The summed E-state index contributed by atoms with van der Waals surface area (Å²) in [5.74, 6) is 1.24. The highest BCUT2D eigenvalue weighted by Gasteiger charge is 2.33. The van der Waals surface area contributed by atoms with E-state index in [9.17, 15) is 9.90 Å². The summed E-state index contributed by atoms with van der Waals surface area (Å²) in [7, 11) is 1.53. The number of aromatic hydroxyl groups is 1. The Morgan fingerprint density at radius 2 is 2.19 bits per heavy atom. The van der Waals surface area contributed by atoms with Crippen LogP contribution in [0, 0.1) is 9.49 Å². The fraction of sp³-hybridized carbons (Fsp3) is 0.421. The van der Waals surface area contributed by atoms with Crippen LogP contribution in [0.1, 0.15) is 52.3 Å². The summed E-state index contributed by atoms with van der Waals surface area (Å²) in [6.45, 7) is 2.24. The minimum absolute atomic E-state index is 0.0155. The van der Waals surface area contributed by atoms with Crippen LogP contribution in [-0.4, -0.2) is 18.1 Å². The zero-order chi connectivity index (χ0) is 18.4. The number of hydrogen-bond donors (Lipinski definition) is 3. The summed E-state index contributed by atoms with van der Waals surface area (Å²) < 4.78 is 5.94. The van der Waals surface area contributed by atoms with E-state index in [-0.39, 0.29) is 17.8 Å². The minimum atomic E-state index is -0.333. The van der Waals surface area contributed by atoms with E-state index in [2.05, 4.69) is 40.1 Å². The molecule has 0 radical (unpaired) electrons. The smallest absolute Gasteiger partial charge is 0.256 e. The number of anilines is 1. The second-order valence-corrected chi connectivity index (χ2v) is 9.10. The molecule has 0 saturated heterocycles. The third-order valence-corrected chi connectivity index (χ3v) is 7.33. The number of fused-ring (bicyclic) bond motifs is 3. The first-order valence-electron chi connectivity index (χ1n) is 8.80. The molecular formula is C19H21IN2O3S. The molecule has 0 saturated carbocycles. The van der Waals surface area contributed by atoms with E-state index in [1.807, 2.05) is 6.07 Å². The van der Waals surface area contributed by atoms with E-state index in [0.29, 0.717) is 9.32 Å². The second kappa shape index (κ2) is 6.92. The van der Waals surface area contributed by atoms with Crippen LogP contribution in [0.2, 0.25) is 0 Å². The van der Waals surface area contributed by atoms with Crippen LogP contribution in [-0.2, 0) is 12.8 Å². The number of rotatable bonds is 3. The van der Waals surface area contributed by atoms with Crippen molar-refractivity contribution >= 4 is 44.8 Å². The summed E-state index contributed by atoms with van der Waals surface area (Å²) in [6, 6.07) is 3.63. The molecule has 1 aromatic carbocycles. The number of nitrogens with one attached hydrogen (secondary N) is 2. The average Bonchev–Trinajstić information content (AvgIpc) is 3.01. The molecule has 1 aliphatic carbocycles. The molecule has 4 rings (SSSR count). The van der Waals surface area contributed by atoms with Gasteiger partial charge in [0.05, 0.1) is 16.2 Å². The molecule has 7 heteroatoms. The number of amides is 1. The summed E-state index contributed by atoms with van der Waals surface area (Å²) >= 11 is 3.79. The molecule has 0 spiro atoms. The first kappa shape index (κ1) is 17.9. The Labute approximate surface area is 170 Å². The number of hydrogen-bond acceptors (Lipinski definition) is 5. The zero-order valence-corrected chi connectivity index (χ0v) is 17.7. The van der Waals surface area contributed by atoms with Gasteiger partial charge in [-0.15, -0.1) is 11.3 Å². The monoisotopic (exact) mass is 484 g/mol. The van der Waals surface area contributed by atoms with Crippen LogP contribution in [0.5, 0.6) is 11.5 Å². The Bertz CT molecular complexity index is 880. The molecule has 2 aliphatic rings. The van der Waals surface area contributed by atoms with Gasteiger partial charge in [-0.3, -0.25) is 4.79 Å². The van der Waals surface area contributed by atoms with Gasteiger partial charge in [-0.1, -0.05) is 13.3 Å². The lowest BCUT2D eigenvalue weighted by Crippen LogP contribution is -2.38. The maximum Gasteiger partial charge on any atom is 0.256 e. The maximum atomic E-state index is 12.8. The largest absolute Gasteiger partial charge is 0.504 e. The standard InChI is InChI=1S/C19H21IN2O3S/c1-3-9-4-5-11-14(6-9)26-19-15(11)18(24)21-17(22-19)10-7-12(20)16(23)13(8-10)25-2/h7-9,17,22-23H,3-6H2,1-2H3,(H,21,24)/t9-,17-/m1/s1. The molecule has 2 heterocycles. The van der Waals surface area contributed by atoms with Gasteiger partial charge in [0.15, 0.2) is 11.5 Å². The third kappa shape index (κ3) is 2.94. The quantitative estimate of drug-likeness (QED) is 0.564. The average molecular weight is 484 g/mol. The van der Waals surface area contributed by atoms with Crippen LogP contribution < -0.4 is 15.4 Å². The molecule has 3 N–H and O–H groups in total. The lowest BCUT2D eigenvalue weighted by Gasteiger charge is -2.27. The van der Waals surface area contributed by atoms with E-state index < -0.39 is 0 Å². The van der Waals surface area contributed by atoms with Gasteiger partial charge in [-0.2, -0.15) is 0 Å². The van der Waals surface area contributed by atoms with Gasteiger partial charge in [0.2, 0.25) is 0 Å². The number of phenols is 1. The Balaban J connectivity index is 1.68. The Morgan fingerprint density at radius 1 is 1.38 bits per heavy atom. The SMILES string of the molecule is CC[C@@H]1CCc2c(sc3c2C(=O)N[C@@H](c2cc(I)c(O)c(OC)c2)N3)C1. The predicted molar refractivity (Wildman–Crippen MR) is 111 cm³/mol. The highest BCUT2D eigenvalue weighted by atomic mass is 127. The Morgan fingerprint density at radius 3 is 2.92 bits per heavy atom. The number of carbonyl (C=O) groups is 1. The lowest BCUT2D eigenvalue weighted by atomic mass is 9.85. The van der Waals surface area contributed by atoms with Crippen molar-refractivity contribution in [3.63, 3.8) is 0 Å². The number of ether oxygens (including phenoxy) is 1. The van der Waals surface area contributed by atoms with E-state index in [1.54, 1.807) is 17.4 Å². The molecule has 0 fully saturated rings. The van der Waals surface area contributed by atoms with Gasteiger partial charge < -0.3 is 20.5 Å². The van der Waals surface area contributed by atoms with Crippen LogP contribution >= 0.6 is 33.9 Å². The zero-order valence-electron chi connectivity index (χ0n) is 14.7. The third-order valence-electron chi connectivity index (χ3n) is 5.33. The normalized spacial score (nSPS) is 21.4. The molecule has 1 amide bonds. The van der Waals surface area contributed by atoms with E-state index in [0.717, 1.165) is 41.3 Å². The van der Waals surface area contributed by atoms with Crippen molar-refractivity contribution < 1.29 is 14.6 Å². The highest BCUT2D eigenvalue weighted by Crippen LogP contribution is 2.44. The van der Waals surface area contributed by atoms with Gasteiger partial charge in [0.1, 0.15) is 11.2 Å². The number of benzene rings is 1. The second-order valence-electron chi connectivity index (χ2n) is 6.83. The number of methoxy groups -OCH3 is 1. The van der Waals surface area contributed by atoms with Gasteiger partial charge in [0.25, 0.3) is 5.91 Å². The minimum Gasteiger partial charge on any atom is -0.504 e. The molecule has 138 valence electrons.